The summed E-state index contributed by atoms with van der Waals surface area (Å²) in [5.41, 5.74) is 2.56. The number of aromatic hydroxyl groups is 1. The lowest BCUT2D eigenvalue weighted by Gasteiger charge is -2.14. The number of hydrogen-bond acceptors (Lipinski definition) is 6. The van der Waals surface area contributed by atoms with Crippen LogP contribution in [0.1, 0.15) is 35.9 Å². The number of oxazole rings is 1. The van der Waals surface area contributed by atoms with Crippen molar-refractivity contribution in [2.45, 2.75) is 38.4 Å². The highest BCUT2D eigenvalue weighted by Crippen LogP contribution is 2.32. The summed E-state index contributed by atoms with van der Waals surface area (Å²) in [5.74, 6) is 1.41. The molecule has 1 aromatic heterocycles. The third kappa shape index (κ3) is 4.16. The molecule has 2 heterocycles. The summed E-state index contributed by atoms with van der Waals surface area (Å²) in [4.78, 5) is 17.1. The molecule has 4 rings (SSSR count). The maximum absolute atomic E-state index is 12.6. The Kier molecular flexibility index (Phi) is 5.72. The molecule has 3 aromatic rings. The Bertz CT molecular complexity index is 1030. The van der Waals surface area contributed by atoms with Crippen molar-refractivity contribution in [3.8, 4) is 23.0 Å². The Labute approximate surface area is 175 Å². The van der Waals surface area contributed by atoms with Crippen molar-refractivity contribution in [2.75, 3.05) is 7.11 Å². The van der Waals surface area contributed by atoms with Crippen LogP contribution in [0.4, 0.5) is 0 Å². The molecule has 0 spiro atoms. The van der Waals surface area contributed by atoms with Crippen molar-refractivity contribution in [1.82, 2.24) is 15.6 Å². The van der Waals surface area contributed by atoms with Gasteiger partial charge in [0, 0.05) is 11.6 Å². The molecule has 0 unspecified atom stereocenters. The average Bonchev–Trinajstić information content (AvgIpc) is 3.40. The topological polar surface area (TPSA) is 96.6 Å². The second kappa shape index (κ2) is 8.59. The number of nitrogens with one attached hydrogen (secondary N) is 2. The first kappa shape index (κ1) is 20.0. The predicted molar refractivity (Wildman–Crippen MR) is 112 cm³/mol. The van der Waals surface area contributed by atoms with E-state index < -0.39 is 0 Å². The van der Waals surface area contributed by atoms with Crippen LogP contribution in [-0.2, 0) is 11.3 Å². The SMILES string of the molecule is COc1cc(-c2nc(CNC(=O)[C@H]3CC[C@H](c4ccccc4)N3)c(C)o2)ccc1O. The van der Waals surface area contributed by atoms with Crippen LogP contribution in [-0.4, -0.2) is 29.1 Å². The molecule has 2 atom stereocenters. The fourth-order valence-electron chi connectivity index (χ4n) is 3.72. The maximum atomic E-state index is 12.6. The number of nitrogens with zero attached hydrogens (tertiary/aromatic N) is 1. The molecule has 7 nitrogen and oxygen atoms in total. The summed E-state index contributed by atoms with van der Waals surface area (Å²) in [6.07, 6.45) is 1.72. The molecule has 1 aliphatic rings. The number of benzene rings is 2. The summed E-state index contributed by atoms with van der Waals surface area (Å²) < 4.78 is 10.9. The summed E-state index contributed by atoms with van der Waals surface area (Å²) >= 11 is 0. The molecule has 0 saturated carbocycles. The van der Waals surface area contributed by atoms with Crippen LogP contribution in [0, 0.1) is 6.92 Å². The molecular weight excluding hydrogens is 382 g/mol. The molecule has 1 fully saturated rings. The third-order valence-electron chi connectivity index (χ3n) is 5.41. The molecule has 30 heavy (non-hydrogen) atoms. The number of phenols is 1. The van der Waals surface area contributed by atoms with Gasteiger partial charge in [-0.05, 0) is 43.5 Å². The van der Waals surface area contributed by atoms with E-state index >= 15 is 0 Å². The molecule has 156 valence electrons. The van der Waals surface area contributed by atoms with E-state index in [0.29, 0.717) is 28.7 Å². The van der Waals surface area contributed by atoms with Gasteiger partial charge >= 0.3 is 0 Å². The maximum Gasteiger partial charge on any atom is 0.237 e. The second-order valence-corrected chi connectivity index (χ2v) is 7.39. The normalized spacial score (nSPS) is 18.3. The van der Waals surface area contributed by atoms with Crippen molar-refractivity contribution in [3.05, 3.63) is 65.5 Å². The van der Waals surface area contributed by atoms with E-state index in [1.807, 2.05) is 25.1 Å². The van der Waals surface area contributed by atoms with Crippen molar-refractivity contribution in [1.29, 1.82) is 0 Å². The van der Waals surface area contributed by atoms with Gasteiger partial charge in [-0.3, -0.25) is 10.1 Å². The molecule has 1 saturated heterocycles. The van der Waals surface area contributed by atoms with E-state index in [2.05, 4.69) is 27.8 Å². The van der Waals surface area contributed by atoms with Gasteiger partial charge in [-0.2, -0.15) is 0 Å². The number of carbonyl (C=O) groups is 1. The van der Waals surface area contributed by atoms with E-state index in [9.17, 15) is 9.90 Å². The Morgan fingerprint density at radius 2 is 2.07 bits per heavy atom. The zero-order valence-corrected chi connectivity index (χ0v) is 17.0. The monoisotopic (exact) mass is 407 g/mol. The van der Waals surface area contributed by atoms with Crippen LogP contribution in [0.2, 0.25) is 0 Å². The fraction of sp³-hybridized carbons (Fsp3) is 0.304. The summed E-state index contributed by atoms with van der Waals surface area (Å²) in [6, 6.07) is 15.1. The van der Waals surface area contributed by atoms with Crippen molar-refractivity contribution in [2.24, 2.45) is 0 Å². The van der Waals surface area contributed by atoms with Gasteiger partial charge in [0.05, 0.1) is 19.7 Å². The molecular formula is C23H25N3O4. The van der Waals surface area contributed by atoms with Crippen LogP contribution in [0.5, 0.6) is 11.5 Å². The number of rotatable bonds is 6. The third-order valence-corrected chi connectivity index (χ3v) is 5.41. The first-order valence-electron chi connectivity index (χ1n) is 9.97. The highest BCUT2D eigenvalue weighted by Gasteiger charge is 2.29. The second-order valence-electron chi connectivity index (χ2n) is 7.39. The zero-order chi connectivity index (χ0) is 21.1. The quantitative estimate of drug-likeness (QED) is 0.579. The van der Waals surface area contributed by atoms with Crippen LogP contribution in [0.25, 0.3) is 11.5 Å². The highest BCUT2D eigenvalue weighted by molar-refractivity contribution is 5.82. The van der Waals surface area contributed by atoms with Crippen molar-refractivity contribution >= 4 is 5.91 Å². The van der Waals surface area contributed by atoms with Gasteiger partial charge in [0.25, 0.3) is 0 Å². The summed E-state index contributed by atoms with van der Waals surface area (Å²) in [6.45, 7) is 2.10. The minimum Gasteiger partial charge on any atom is -0.504 e. The Hall–Kier alpha value is -3.32. The van der Waals surface area contributed by atoms with Crippen LogP contribution in [0.3, 0.4) is 0 Å². The molecule has 1 amide bonds. The molecule has 0 radical (unpaired) electrons. The van der Waals surface area contributed by atoms with Crippen LogP contribution >= 0.6 is 0 Å². The smallest absolute Gasteiger partial charge is 0.237 e. The van der Waals surface area contributed by atoms with E-state index in [0.717, 1.165) is 12.8 Å². The van der Waals surface area contributed by atoms with Gasteiger partial charge in [-0.1, -0.05) is 30.3 Å². The van der Waals surface area contributed by atoms with Gasteiger partial charge in [-0.15, -0.1) is 0 Å². The van der Waals surface area contributed by atoms with E-state index in [1.54, 1.807) is 12.1 Å². The number of amides is 1. The molecule has 1 aliphatic heterocycles. The summed E-state index contributed by atoms with van der Waals surface area (Å²) in [7, 11) is 1.49. The number of aryl methyl sites for hydroxylation is 1. The molecule has 3 N–H and O–H groups in total. The zero-order valence-electron chi connectivity index (χ0n) is 17.0. The van der Waals surface area contributed by atoms with Gasteiger partial charge in [0.2, 0.25) is 11.8 Å². The fourth-order valence-corrected chi connectivity index (χ4v) is 3.72. The number of carbonyl (C=O) groups excluding carboxylic acids is 1. The number of methoxy groups -OCH3 is 1. The Balaban J connectivity index is 1.38. The average molecular weight is 407 g/mol. The lowest BCUT2D eigenvalue weighted by atomic mass is 10.1. The van der Waals surface area contributed by atoms with Crippen LogP contribution < -0.4 is 15.4 Å². The number of hydrogen-bond donors (Lipinski definition) is 3. The van der Waals surface area contributed by atoms with Crippen molar-refractivity contribution in [3.63, 3.8) is 0 Å². The van der Waals surface area contributed by atoms with Gasteiger partial charge in [-0.25, -0.2) is 4.98 Å². The van der Waals surface area contributed by atoms with E-state index in [1.165, 1.54) is 18.7 Å². The van der Waals surface area contributed by atoms with Gasteiger partial charge in [0.15, 0.2) is 11.5 Å². The van der Waals surface area contributed by atoms with E-state index in [4.69, 9.17) is 9.15 Å². The number of phenolic OH excluding ortho intramolecular Hbond substituents is 1. The first-order chi connectivity index (χ1) is 14.5. The number of aromatic nitrogens is 1. The van der Waals surface area contributed by atoms with Crippen LogP contribution in [0.15, 0.2) is 52.9 Å². The lowest BCUT2D eigenvalue weighted by molar-refractivity contribution is -0.123. The molecule has 0 aliphatic carbocycles. The predicted octanol–water partition coefficient (Wildman–Crippen LogP) is 3.47. The minimum absolute atomic E-state index is 0.0383. The van der Waals surface area contributed by atoms with Crippen molar-refractivity contribution < 1.29 is 19.1 Å². The Morgan fingerprint density at radius 3 is 2.83 bits per heavy atom. The Morgan fingerprint density at radius 1 is 1.27 bits per heavy atom. The molecule has 2 aromatic carbocycles. The summed E-state index contributed by atoms with van der Waals surface area (Å²) in [5, 5.41) is 16.1. The van der Waals surface area contributed by atoms with E-state index in [-0.39, 0.29) is 30.3 Å². The van der Waals surface area contributed by atoms with Gasteiger partial charge < -0.3 is 19.6 Å². The minimum atomic E-state index is -0.219. The lowest BCUT2D eigenvalue weighted by Crippen LogP contribution is -2.40. The molecule has 7 heteroatoms. The first-order valence-corrected chi connectivity index (χ1v) is 9.97. The highest BCUT2D eigenvalue weighted by atomic mass is 16.5. The van der Waals surface area contributed by atoms with Gasteiger partial charge in [0.1, 0.15) is 11.5 Å². The largest absolute Gasteiger partial charge is 0.504 e. The standard InChI is InChI=1S/C23H25N3O4/c1-14-19(26-23(30-14)16-8-11-20(27)21(12-16)29-2)13-24-22(28)18-10-9-17(25-18)15-6-4-3-5-7-15/h3-8,11-12,17-18,25,27H,9-10,13H2,1-2H3,(H,24,28)/t17-,18-/m1/s1. The molecule has 0 bridgehead atoms. The number of ether oxygens (including phenoxy) is 1.